The molecule has 2 aromatic rings. The van der Waals surface area contributed by atoms with Gasteiger partial charge in [0.1, 0.15) is 0 Å². The van der Waals surface area contributed by atoms with Gasteiger partial charge in [-0.25, -0.2) is 4.98 Å². The first-order chi connectivity index (χ1) is 7.78. The lowest BCUT2D eigenvalue weighted by molar-refractivity contribution is 0.100. The van der Waals surface area contributed by atoms with Gasteiger partial charge < -0.3 is 0 Å². The van der Waals surface area contributed by atoms with Crippen LogP contribution in [0.15, 0.2) is 23.4 Å². The van der Waals surface area contributed by atoms with E-state index >= 15 is 0 Å². The summed E-state index contributed by atoms with van der Waals surface area (Å²) in [4.78, 5) is 25.8. The van der Waals surface area contributed by atoms with Gasteiger partial charge in [-0.05, 0) is 31.0 Å². The minimum absolute atomic E-state index is 0.341. The Morgan fingerprint density at radius 2 is 2.25 bits per heavy atom. The van der Waals surface area contributed by atoms with Crippen LogP contribution in [0.2, 0.25) is 0 Å². The highest BCUT2D eigenvalue weighted by Crippen LogP contribution is 2.43. The number of aromatic nitrogens is 1. The molecule has 0 unspecified atom stereocenters. The lowest BCUT2D eigenvalue weighted by Crippen LogP contribution is -1.91. The van der Waals surface area contributed by atoms with Crippen LogP contribution in [0.4, 0.5) is 0 Å². The third-order valence-corrected chi connectivity index (χ3v) is 3.84. The van der Waals surface area contributed by atoms with Crippen LogP contribution in [-0.4, -0.2) is 10.9 Å². The highest BCUT2D eigenvalue weighted by molar-refractivity contribution is 7.18. The first-order valence-electron chi connectivity index (χ1n) is 5.06. The van der Waals surface area contributed by atoms with Gasteiger partial charge in [-0.1, -0.05) is 0 Å². The van der Waals surface area contributed by atoms with Crippen molar-refractivity contribution in [2.45, 2.75) is 18.8 Å². The van der Waals surface area contributed by atoms with Crippen molar-refractivity contribution in [2.75, 3.05) is 0 Å². The molecule has 3 rings (SSSR count). The summed E-state index contributed by atoms with van der Waals surface area (Å²) in [6, 6.07) is 5.07. The second kappa shape index (κ2) is 3.45. The summed E-state index contributed by atoms with van der Waals surface area (Å²) in [5.41, 5.74) is 1.24. The maximum Gasteiger partial charge on any atom is 0.316 e. The van der Waals surface area contributed by atoms with Gasteiger partial charge in [0, 0.05) is 16.7 Å². The number of fused-ring (bicyclic) bond motifs is 1. The largest absolute Gasteiger partial charge is 0.316 e. The molecule has 1 saturated carbocycles. The summed E-state index contributed by atoms with van der Waals surface area (Å²) >= 11 is 1.60. The van der Waals surface area contributed by atoms with Crippen LogP contribution >= 0.6 is 11.3 Å². The number of benzene rings is 1. The van der Waals surface area contributed by atoms with E-state index in [0.29, 0.717) is 11.5 Å². The molecule has 1 heterocycles. The van der Waals surface area contributed by atoms with Crippen molar-refractivity contribution in [1.82, 2.24) is 4.98 Å². The molecule has 1 aromatic carbocycles. The van der Waals surface area contributed by atoms with Crippen LogP contribution in [0.1, 0.15) is 34.1 Å². The van der Waals surface area contributed by atoms with E-state index in [1.165, 1.54) is 12.8 Å². The van der Waals surface area contributed by atoms with Gasteiger partial charge in [-0.15, -0.1) is 16.2 Å². The molecule has 0 radical (unpaired) electrons. The van der Waals surface area contributed by atoms with E-state index in [9.17, 15) is 9.70 Å². The summed E-state index contributed by atoms with van der Waals surface area (Å²) in [7, 11) is 0. The van der Waals surface area contributed by atoms with E-state index in [-0.39, 0.29) is 0 Å². The molecule has 0 spiro atoms. The van der Waals surface area contributed by atoms with Gasteiger partial charge in [0.25, 0.3) is 0 Å². The zero-order valence-corrected chi connectivity index (χ0v) is 9.16. The Morgan fingerprint density at radius 3 is 2.94 bits per heavy atom. The molecule has 4 nitrogen and oxygen atoms in total. The lowest BCUT2D eigenvalue weighted by atomic mass is 10.2. The smallest absolute Gasteiger partial charge is 0.263 e. The zero-order valence-electron chi connectivity index (χ0n) is 8.34. The van der Waals surface area contributed by atoms with Gasteiger partial charge in [0.15, 0.2) is 0 Å². The molecule has 1 aromatic heterocycles. The molecule has 0 bridgehead atoms. The van der Waals surface area contributed by atoms with E-state index in [2.05, 4.69) is 10.2 Å². The molecular weight excluding hydrogens is 224 g/mol. The second-order valence-electron chi connectivity index (χ2n) is 3.91. The number of hydrogen-bond donors (Lipinski definition) is 0. The molecule has 0 aliphatic heterocycles. The van der Waals surface area contributed by atoms with Gasteiger partial charge in [-0.2, -0.15) is 0 Å². The monoisotopic (exact) mass is 232 g/mol. The molecule has 1 aliphatic rings. The Morgan fingerprint density at radius 1 is 1.44 bits per heavy atom. The summed E-state index contributed by atoms with van der Waals surface area (Å²) in [6.45, 7) is 0. The van der Waals surface area contributed by atoms with Gasteiger partial charge >= 0.3 is 5.91 Å². The molecule has 1 fully saturated rings. The third kappa shape index (κ3) is 1.53. The number of rotatable bonds is 2. The third-order valence-electron chi connectivity index (χ3n) is 2.66. The predicted octanol–water partition coefficient (Wildman–Crippen LogP) is 3.08. The minimum Gasteiger partial charge on any atom is -0.263 e. The Bertz CT molecular complexity index is 587. The van der Waals surface area contributed by atoms with Gasteiger partial charge in [-0.3, -0.25) is 4.79 Å². The highest BCUT2D eigenvalue weighted by Gasteiger charge is 2.27. The van der Waals surface area contributed by atoms with Crippen LogP contribution in [0.3, 0.4) is 0 Å². The molecule has 0 saturated heterocycles. The minimum atomic E-state index is -0.719. The standard InChI is InChI=1S/C11H8N2O2S/c14-10(13-15)7-3-4-8-9(5-7)16-11(12-8)6-1-2-6/h3-6H,1-2H2. The van der Waals surface area contributed by atoms with Gasteiger partial charge in [0.05, 0.1) is 15.2 Å². The van der Waals surface area contributed by atoms with E-state index < -0.39 is 5.91 Å². The van der Waals surface area contributed by atoms with E-state index in [4.69, 9.17) is 0 Å². The molecule has 1 amide bonds. The van der Waals surface area contributed by atoms with Crippen molar-refractivity contribution in [1.29, 1.82) is 0 Å². The second-order valence-corrected chi connectivity index (χ2v) is 4.97. The highest BCUT2D eigenvalue weighted by atomic mass is 32.1. The summed E-state index contributed by atoms with van der Waals surface area (Å²) in [5.74, 6) is -0.107. The quantitative estimate of drug-likeness (QED) is 0.747. The SMILES string of the molecule is O=NC(=O)c1ccc2nc(C3CC3)sc2c1. The molecular formula is C11H8N2O2S. The molecule has 80 valence electrons. The number of carbonyl (C=O) groups is 1. The van der Waals surface area contributed by atoms with E-state index in [0.717, 1.165) is 15.2 Å². The van der Waals surface area contributed by atoms with Crippen LogP contribution < -0.4 is 0 Å². The van der Waals surface area contributed by atoms with Crippen LogP contribution in [-0.2, 0) is 0 Å². The fourth-order valence-corrected chi connectivity index (χ4v) is 2.81. The summed E-state index contributed by atoms with van der Waals surface area (Å²) < 4.78 is 0.955. The number of nitrogens with zero attached hydrogens (tertiary/aromatic N) is 2. The molecule has 0 N–H and O–H groups in total. The number of amides is 1. The zero-order chi connectivity index (χ0) is 11.1. The maximum absolute atomic E-state index is 11.1. The number of thiazole rings is 1. The topological polar surface area (TPSA) is 59.4 Å². The fourth-order valence-electron chi connectivity index (χ4n) is 1.63. The fraction of sp³-hybridized carbons (Fsp3) is 0.273. The Hall–Kier alpha value is -1.62. The Kier molecular flexibility index (Phi) is 2.07. The van der Waals surface area contributed by atoms with E-state index in [1.807, 2.05) is 0 Å². The van der Waals surface area contributed by atoms with Crippen molar-refractivity contribution in [3.8, 4) is 0 Å². The number of carbonyl (C=O) groups excluding carboxylic acids is 1. The normalized spacial score (nSPS) is 15.2. The van der Waals surface area contributed by atoms with Crippen molar-refractivity contribution in [2.24, 2.45) is 5.18 Å². The summed E-state index contributed by atoms with van der Waals surface area (Å²) in [5, 5.41) is 3.55. The Labute approximate surface area is 95.3 Å². The molecule has 1 aliphatic carbocycles. The molecule has 16 heavy (non-hydrogen) atoms. The maximum atomic E-state index is 11.1. The van der Waals surface area contributed by atoms with Crippen molar-refractivity contribution in [3.63, 3.8) is 0 Å². The summed E-state index contributed by atoms with van der Waals surface area (Å²) in [6.07, 6.45) is 2.42. The average Bonchev–Trinajstić information content (AvgIpc) is 3.07. The number of hydrogen-bond acceptors (Lipinski definition) is 4. The molecule has 0 atom stereocenters. The van der Waals surface area contributed by atoms with E-state index in [1.54, 1.807) is 29.5 Å². The number of nitroso groups, excluding NO2 is 1. The average molecular weight is 232 g/mol. The van der Waals surface area contributed by atoms with Gasteiger partial charge in [0.2, 0.25) is 0 Å². The van der Waals surface area contributed by atoms with Crippen molar-refractivity contribution in [3.05, 3.63) is 33.7 Å². The lowest BCUT2D eigenvalue weighted by Gasteiger charge is -1.91. The van der Waals surface area contributed by atoms with Crippen LogP contribution in [0.25, 0.3) is 10.2 Å². The first kappa shape index (κ1) is 9.59. The van der Waals surface area contributed by atoms with Crippen LogP contribution in [0.5, 0.6) is 0 Å². The van der Waals surface area contributed by atoms with Crippen molar-refractivity contribution >= 4 is 27.5 Å². The first-order valence-corrected chi connectivity index (χ1v) is 5.88. The predicted molar refractivity (Wildman–Crippen MR) is 61.7 cm³/mol. The Balaban J connectivity index is 2.09. The molecule has 5 heteroatoms. The van der Waals surface area contributed by atoms with Crippen molar-refractivity contribution < 1.29 is 4.79 Å². The van der Waals surface area contributed by atoms with Crippen LogP contribution in [0, 0.1) is 4.91 Å².